The summed E-state index contributed by atoms with van der Waals surface area (Å²) in [6.45, 7) is 5.70. The molecule has 0 saturated carbocycles. The van der Waals surface area contributed by atoms with Gasteiger partial charge in [-0.25, -0.2) is 4.57 Å². The van der Waals surface area contributed by atoms with Crippen LogP contribution in [0.1, 0.15) is 251 Å². The Morgan fingerprint density at radius 1 is 0.466 bits per heavy atom. The number of unbranched alkanes of at least 4 members (excludes halogenated alkanes) is 34. The molecule has 0 aromatic rings. The number of nitrogens with zero attached hydrogens (tertiary/aromatic N) is 1. The highest BCUT2D eigenvalue weighted by Gasteiger charge is 2.26. The number of rotatable bonds is 48. The minimum atomic E-state index is -4.27. The van der Waals surface area contributed by atoms with Crippen LogP contribution in [0.2, 0.25) is 0 Å². The Morgan fingerprint density at radius 2 is 0.793 bits per heavy atom. The zero-order valence-electron chi connectivity index (χ0n) is 39.6. The summed E-state index contributed by atoms with van der Waals surface area (Å²) in [5.41, 5.74) is 0. The Morgan fingerprint density at radius 3 is 1.14 bits per heavy atom. The van der Waals surface area contributed by atoms with E-state index in [1.165, 1.54) is 199 Å². The molecule has 0 radical (unpaired) electrons. The number of carbonyl (C=O) groups is 1. The van der Waals surface area contributed by atoms with Crippen molar-refractivity contribution in [2.45, 2.75) is 258 Å². The van der Waals surface area contributed by atoms with Crippen LogP contribution in [0.25, 0.3) is 0 Å². The molecule has 0 fully saturated rings. The number of quaternary nitrogens is 1. The summed E-state index contributed by atoms with van der Waals surface area (Å²) < 4.78 is 35.1. The standard InChI is InChI=1S/C49H100NO7P/c1-6-8-10-12-14-16-18-20-22-23-24-25-26-27-28-29-30-32-34-36-38-40-42-49(51)57-48(47-56-58(52,53)55-45-43-50(3,4)5)46-54-44-41-39-37-35-33-31-21-19-17-15-13-11-9-7-2/h48H,6-47H2,1-5H3/p+1. The number of carbonyl (C=O) groups excluding carboxylic acids is 1. The first-order valence-electron chi connectivity index (χ1n) is 25.3. The number of hydrogen-bond donors (Lipinski definition) is 1. The Kier molecular flexibility index (Phi) is 42.8. The molecule has 0 aliphatic rings. The maximum Gasteiger partial charge on any atom is 0.472 e. The lowest BCUT2D eigenvalue weighted by Gasteiger charge is -2.24. The van der Waals surface area contributed by atoms with Gasteiger partial charge in [0.15, 0.2) is 0 Å². The average Bonchev–Trinajstić information content (AvgIpc) is 3.18. The van der Waals surface area contributed by atoms with Crippen molar-refractivity contribution < 1.29 is 37.3 Å². The quantitative estimate of drug-likeness (QED) is 0.0282. The molecule has 0 spiro atoms. The molecule has 1 N–H and O–H groups in total. The second-order valence-electron chi connectivity index (χ2n) is 18.6. The van der Waals surface area contributed by atoms with E-state index in [9.17, 15) is 14.3 Å². The van der Waals surface area contributed by atoms with Crippen molar-refractivity contribution in [1.29, 1.82) is 0 Å². The normalized spacial score (nSPS) is 13.6. The maximum atomic E-state index is 12.7. The molecule has 8 nitrogen and oxygen atoms in total. The summed E-state index contributed by atoms with van der Waals surface area (Å²) in [6, 6.07) is 0. The van der Waals surface area contributed by atoms with Gasteiger partial charge in [-0.1, -0.05) is 232 Å². The Hall–Kier alpha value is -0.500. The summed E-state index contributed by atoms with van der Waals surface area (Å²) in [4.78, 5) is 23.0. The average molecular weight is 847 g/mol. The molecule has 0 aliphatic carbocycles. The van der Waals surface area contributed by atoms with Crippen molar-refractivity contribution in [2.24, 2.45) is 0 Å². The number of likely N-dealkylation sites (N-methyl/N-ethyl adjacent to an activating group) is 1. The van der Waals surface area contributed by atoms with Gasteiger partial charge in [-0.2, -0.15) is 0 Å². The van der Waals surface area contributed by atoms with Crippen molar-refractivity contribution in [3.8, 4) is 0 Å². The lowest BCUT2D eigenvalue weighted by molar-refractivity contribution is -0.870. The molecule has 2 atom stereocenters. The summed E-state index contributed by atoms with van der Waals surface area (Å²) in [5.74, 6) is -0.305. The minimum Gasteiger partial charge on any atom is -0.457 e. The number of hydrogen-bond acceptors (Lipinski definition) is 6. The lowest BCUT2D eigenvalue weighted by Crippen LogP contribution is -2.37. The number of phosphoric acid groups is 1. The van der Waals surface area contributed by atoms with Crippen LogP contribution in [-0.2, 0) is 27.9 Å². The van der Waals surface area contributed by atoms with E-state index in [4.69, 9.17) is 18.5 Å². The summed E-state index contributed by atoms with van der Waals surface area (Å²) in [6.07, 6.45) is 47.1. The van der Waals surface area contributed by atoms with E-state index in [2.05, 4.69) is 13.8 Å². The van der Waals surface area contributed by atoms with Gasteiger partial charge in [0.1, 0.15) is 19.3 Å². The van der Waals surface area contributed by atoms with Gasteiger partial charge in [-0.15, -0.1) is 0 Å². The molecule has 0 saturated heterocycles. The largest absolute Gasteiger partial charge is 0.472 e. The van der Waals surface area contributed by atoms with E-state index in [1.54, 1.807) is 0 Å². The SMILES string of the molecule is CCCCCCCCCCCCCCCCCCCCCCCCC(=O)OC(COCCCCCCCCCCCCCCCC)COP(=O)(O)OCC[N+](C)(C)C. The van der Waals surface area contributed by atoms with Crippen LogP contribution in [0.3, 0.4) is 0 Å². The number of ether oxygens (including phenoxy) is 2. The fourth-order valence-electron chi connectivity index (χ4n) is 7.50. The van der Waals surface area contributed by atoms with Gasteiger partial charge < -0.3 is 18.9 Å². The highest BCUT2D eigenvalue weighted by Crippen LogP contribution is 2.43. The molecule has 0 aromatic heterocycles. The van der Waals surface area contributed by atoms with Crippen LogP contribution in [0, 0.1) is 0 Å². The van der Waals surface area contributed by atoms with E-state index < -0.39 is 13.9 Å². The second-order valence-corrected chi connectivity index (χ2v) is 20.0. The van der Waals surface area contributed by atoms with Gasteiger partial charge in [0, 0.05) is 13.0 Å². The van der Waals surface area contributed by atoms with Crippen LogP contribution in [0.4, 0.5) is 0 Å². The molecular formula is C49H101NO7P+. The third-order valence-electron chi connectivity index (χ3n) is 11.4. The van der Waals surface area contributed by atoms with Gasteiger partial charge in [0.25, 0.3) is 0 Å². The van der Waals surface area contributed by atoms with E-state index >= 15 is 0 Å². The molecule has 2 unspecified atom stereocenters. The minimum absolute atomic E-state index is 0.0941. The zero-order chi connectivity index (χ0) is 42.7. The summed E-state index contributed by atoms with van der Waals surface area (Å²) >= 11 is 0. The summed E-state index contributed by atoms with van der Waals surface area (Å²) in [5, 5.41) is 0. The third kappa shape index (κ3) is 46.6. The van der Waals surface area contributed by atoms with Gasteiger partial charge in [0.2, 0.25) is 0 Å². The third-order valence-corrected chi connectivity index (χ3v) is 12.4. The van der Waals surface area contributed by atoms with Crippen LogP contribution < -0.4 is 0 Å². The predicted molar refractivity (Wildman–Crippen MR) is 248 cm³/mol. The molecule has 0 aliphatic heterocycles. The van der Waals surface area contributed by atoms with E-state index in [-0.39, 0.29) is 25.8 Å². The Labute approximate surface area is 361 Å². The lowest BCUT2D eigenvalue weighted by atomic mass is 10.0. The van der Waals surface area contributed by atoms with Crippen LogP contribution in [0.15, 0.2) is 0 Å². The fraction of sp³-hybridized carbons (Fsp3) is 0.980. The van der Waals surface area contributed by atoms with Gasteiger partial charge in [-0.3, -0.25) is 13.8 Å². The van der Waals surface area contributed by atoms with Gasteiger partial charge in [0.05, 0.1) is 34.4 Å². The molecule has 58 heavy (non-hydrogen) atoms. The first-order valence-corrected chi connectivity index (χ1v) is 26.8. The topological polar surface area (TPSA) is 91.3 Å². The Balaban J connectivity index is 4.06. The van der Waals surface area contributed by atoms with Crippen molar-refractivity contribution in [3.63, 3.8) is 0 Å². The maximum absolute atomic E-state index is 12.7. The molecule has 0 aromatic carbocycles. The van der Waals surface area contributed by atoms with Gasteiger partial charge >= 0.3 is 13.8 Å². The van der Waals surface area contributed by atoms with Crippen molar-refractivity contribution in [1.82, 2.24) is 0 Å². The monoisotopic (exact) mass is 847 g/mol. The molecule has 9 heteroatoms. The fourth-order valence-corrected chi connectivity index (χ4v) is 8.24. The highest BCUT2D eigenvalue weighted by atomic mass is 31.2. The van der Waals surface area contributed by atoms with Crippen LogP contribution in [0.5, 0.6) is 0 Å². The van der Waals surface area contributed by atoms with E-state index in [1.807, 2.05) is 21.1 Å². The predicted octanol–water partition coefficient (Wildman–Crippen LogP) is 15.2. The molecule has 0 heterocycles. The Bertz CT molecular complexity index is 899. The van der Waals surface area contributed by atoms with E-state index in [0.717, 1.165) is 32.1 Å². The zero-order valence-corrected chi connectivity index (χ0v) is 40.5. The van der Waals surface area contributed by atoms with Crippen LogP contribution in [-0.4, -0.2) is 75.6 Å². The van der Waals surface area contributed by atoms with Crippen molar-refractivity contribution in [3.05, 3.63) is 0 Å². The second kappa shape index (κ2) is 43.2. The molecular weight excluding hydrogens is 746 g/mol. The van der Waals surface area contributed by atoms with E-state index in [0.29, 0.717) is 24.1 Å². The first kappa shape index (κ1) is 57.5. The van der Waals surface area contributed by atoms with Crippen molar-refractivity contribution >= 4 is 13.8 Å². The van der Waals surface area contributed by atoms with Crippen LogP contribution >= 0.6 is 7.82 Å². The highest BCUT2D eigenvalue weighted by molar-refractivity contribution is 7.47. The number of esters is 1. The molecule has 348 valence electrons. The molecule has 0 bridgehead atoms. The molecule has 0 rings (SSSR count). The smallest absolute Gasteiger partial charge is 0.457 e. The summed E-state index contributed by atoms with van der Waals surface area (Å²) in [7, 11) is 1.69. The molecule has 0 amide bonds. The van der Waals surface area contributed by atoms with Gasteiger partial charge in [-0.05, 0) is 12.8 Å². The van der Waals surface area contributed by atoms with Crippen molar-refractivity contribution in [2.75, 3.05) is 54.1 Å². The number of phosphoric ester groups is 1. The first-order chi connectivity index (χ1) is 28.1.